The van der Waals surface area contributed by atoms with E-state index in [2.05, 4.69) is 5.32 Å². The van der Waals surface area contributed by atoms with E-state index >= 15 is 0 Å². The van der Waals surface area contributed by atoms with Crippen LogP contribution in [0.25, 0.3) is 0 Å². The Morgan fingerprint density at radius 1 is 1.06 bits per heavy atom. The molecule has 3 rings (SSSR count). The van der Waals surface area contributed by atoms with Crippen molar-refractivity contribution in [2.75, 3.05) is 25.5 Å². The van der Waals surface area contributed by atoms with Crippen molar-refractivity contribution in [1.29, 1.82) is 5.26 Å². The first-order chi connectivity index (χ1) is 16.4. The number of anilines is 1. The molecule has 2 amide bonds. The van der Waals surface area contributed by atoms with E-state index in [4.69, 9.17) is 27.3 Å². The molecule has 0 radical (unpaired) electrons. The number of amides is 2. The molecule has 0 saturated heterocycles. The van der Waals surface area contributed by atoms with Gasteiger partial charge in [-0.2, -0.15) is 5.26 Å². The van der Waals surface area contributed by atoms with Crippen LogP contribution in [-0.4, -0.2) is 36.9 Å². The van der Waals surface area contributed by atoms with E-state index in [1.165, 1.54) is 0 Å². The SMILES string of the molecule is COc1ccc(C(=O)Nc2ccc(Cl)c(CN(CCCN)C(=O)c3ccc(C#N)cc3)c2)cc1. The number of methoxy groups -OCH3 is 1. The summed E-state index contributed by atoms with van der Waals surface area (Å²) in [5, 5.41) is 12.3. The fourth-order valence-electron chi connectivity index (χ4n) is 3.33. The molecule has 0 fully saturated rings. The van der Waals surface area contributed by atoms with Gasteiger partial charge in [0.05, 0.1) is 18.7 Å². The third kappa shape index (κ3) is 6.35. The number of nitriles is 1. The molecule has 0 atom stereocenters. The lowest BCUT2D eigenvalue weighted by molar-refractivity contribution is 0.0742. The van der Waals surface area contributed by atoms with Gasteiger partial charge in [-0.25, -0.2) is 0 Å². The average molecular weight is 477 g/mol. The van der Waals surface area contributed by atoms with Crippen LogP contribution in [0.4, 0.5) is 5.69 Å². The van der Waals surface area contributed by atoms with E-state index < -0.39 is 0 Å². The van der Waals surface area contributed by atoms with Crippen molar-refractivity contribution in [3.05, 3.63) is 94.0 Å². The summed E-state index contributed by atoms with van der Waals surface area (Å²) in [4.78, 5) is 27.4. The maximum atomic E-state index is 13.1. The molecule has 7 nitrogen and oxygen atoms in total. The highest BCUT2D eigenvalue weighted by molar-refractivity contribution is 6.31. The number of nitrogens with zero attached hydrogens (tertiary/aromatic N) is 2. The monoisotopic (exact) mass is 476 g/mol. The number of benzene rings is 3. The molecule has 0 unspecified atom stereocenters. The van der Waals surface area contributed by atoms with Gasteiger partial charge in [-0.3, -0.25) is 9.59 Å². The van der Waals surface area contributed by atoms with Gasteiger partial charge in [-0.1, -0.05) is 11.6 Å². The molecule has 3 N–H and O–H groups in total. The van der Waals surface area contributed by atoms with Crippen molar-refractivity contribution >= 4 is 29.1 Å². The first-order valence-electron chi connectivity index (χ1n) is 10.7. The van der Waals surface area contributed by atoms with Crippen LogP contribution in [0.1, 0.15) is 38.3 Å². The smallest absolute Gasteiger partial charge is 0.255 e. The molecule has 0 aliphatic carbocycles. The van der Waals surface area contributed by atoms with Crippen molar-refractivity contribution in [3.63, 3.8) is 0 Å². The van der Waals surface area contributed by atoms with Crippen LogP contribution in [0, 0.1) is 11.3 Å². The lowest BCUT2D eigenvalue weighted by atomic mass is 10.1. The van der Waals surface area contributed by atoms with Crippen LogP contribution < -0.4 is 15.8 Å². The second kappa shape index (κ2) is 11.8. The van der Waals surface area contributed by atoms with Crippen molar-refractivity contribution in [2.45, 2.75) is 13.0 Å². The Hall–Kier alpha value is -3.86. The Morgan fingerprint density at radius 3 is 2.35 bits per heavy atom. The van der Waals surface area contributed by atoms with Crippen LogP contribution in [0.2, 0.25) is 5.02 Å². The molecule has 0 saturated carbocycles. The Kier molecular flexibility index (Phi) is 8.63. The van der Waals surface area contributed by atoms with Crippen molar-refractivity contribution in [3.8, 4) is 11.8 Å². The molecule has 34 heavy (non-hydrogen) atoms. The van der Waals surface area contributed by atoms with Gasteiger partial charge >= 0.3 is 0 Å². The van der Waals surface area contributed by atoms with Gasteiger partial charge in [0, 0.05) is 34.9 Å². The minimum atomic E-state index is -0.274. The van der Waals surface area contributed by atoms with Gasteiger partial charge in [0.1, 0.15) is 5.75 Å². The quantitative estimate of drug-likeness (QED) is 0.473. The maximum absolute atomic E-state index is 13.1. The van der Waals surface area contributed by atoms with Gasteiger partial charge in [-0.05, 0) is 85.3 Å². The lowest BCUT2D eigenvalue weighted by Gasteiger charge is -2.24. The summed E-state index contributed by atoms with van der Waals surface area (Å²) < 4.78 is 5.12. The Balaban J connectivity index is 1.79. The standard InChI is InChI=1S/C26H25ClN4O3/c1-34-23-10-7-19(8-11-23)25(32)30-22-9-12-24(27)21(15-22)17-31(14-2-13-28)26(33)20-5-3-18(16-29)4-6-20/h3-12,15H,2,13-14,17,28H2,1H3,(H,30,32). The molecule has 0 aromatic heterocycles. The number of hydrogen-bond donors (Lipinski definition) is 2. The summed E-state index contributed by atoms with van der Waals surface area (Å²) in [6.07, 6.45) is 0.619. The molecular formula is C26H25ClN4O3. The maximum Gasteiger partial charge on any atom is 0.255 e. The van der Waals surface area contributed by atoms with Crippen LogP contribution >= 0.6 is 11.6 Å². The number of carbonyl (C=O) groups excluding carboxylic acids is 2. The molecular weight excluding hydrogens is 452 g/mol. The zero-order chi connectivity index (χ0) is 24.5. The fraction of sp³-hybridized carbons (Fsp3) is 0.192. The summed E-state index contributed by atoms with van der Waals surface area (Å²) in [6.45, 7) is 1.11. The van der Waals surface area contributed by atoms with Crippen LogP contribution in [0.3, 0.4) is 0 Å². The van der Waals surface area contributed by atoms with Crippen molar-refractivity contribution in [1.82, 2.24) is 4.90 Å². The zero-order valence-corrected chi connectivity index (χ0v) is 19.5. The molecule has 0 aliphatic heterocycles. The highest BCUT2D eigenvalue weighted by atomic mass is 35.5. The van der Waals surface area contributed by atoms with Gasteiger partial charge < -0.3 is 20.7 Å². The summed E-state index contributed by atoms with van der Waals surface area (Å²) in [5.41, 5.74) is 8.35. The number of halogens is 1. The van der Waals surface area contributed by atoms with Crippen LogP contribution in [0.5, 0.6) is 5.75 Å². The topological polar surface area (TPSA) is 108 Å². The number of rotatable bonds is 9. The van der Waals surface area contributed by atoms with Crippen LogP contribution in [-0.2, 0) is 6.54 Å². The largest absolute Gasteiger partial charge is 0.497 e. The highest BCUT2D eigenvalue weighted by Gasteiger charge is 2.18. The molecule has 0 aliphatic rings. The van der Waals surface area contributed by atoms with E-state index in [1.54, 1.807) is 78.7 Å². The minimum Gasteiger partial charge on any atom is -0.497 e. The van der Waals surface area contributed by atoms with E-state index in [0.717, 1.165) is 0 Å². The average Bonchev–Trinajstić information content (AvgIpc) is 2.87. The predicted molar refractivity (Wildman–Crippen MR) is 132 cm³/mol. The molecule has 8 heteroatoms. The second-order valence-electron chi connectivity index (χ2n) is 7.55. The Morgan fingerprint density at radius 2 is 1.74 bits per heavy atom. The third-order valence-electron chi connectivity index (χ3n) is 5.20. The molecule has 174 valence electrons. The Bertz CT molecular complexity index is 1190. The summed E-state index contributed by atoms with van der Waals surface area (Å²) >= 11 is 6.43. The highest BCUT2D eigenvalue weighted by Crippen LogP contribution is 2.24. The van der Waals surface area contributed by atoms with Gasteiger partial charge in [0.25, 0.3) is 11.8 Å². The van der Waals surface area contributed by atoms with E-state index in [9.17, 15) is 9.59 Å². The molecule has 0 spiro atoms. The third-order valence-corrected chi connectivity index (χ3v) is 5.57. The van der Waals surface area contributed by atoms with E-state index in [1.807, 2.05) is 6.07 Å². The first kappa shape index (κ1) is 24.8. The molecule has 0 heterocycles. The van der Waals surface area contributed by atoms with E-state index in [0.29, 0.717) is 58.2 Å². The predicted octanol–water partition coefficient (Wildman–Crippen LogP) is 4.46. The van der Waals surface area contributed by atoms with E-state index in [-0.39, 0.29) is 18.4 Å². The van der Waals surface area contributed by atoms with Gasteiger partial charge in [0.2, 0.25) is 0 Å². The van der Waals surface area contributed by atoms with Gasteiger partial charge in [-0.15, -0.1) is 0 Å². The summed E-state index contributed by atoms with van der Waals surface area (Å²) in [7, 11) is 1.56. The number of carbonyl (C=O) groups is 2. The molecule has 3 aromatic rings. The first-order valence-corrected chi connectivity index (χ1v) is 11.1. The normalized spacial score (nSPS) is 10.3. The van der Waals surface area contributed by atoms with Crippen molar-refractivity contribution in [2.24, 2.45) is 5.73 Å². The second-order valence-corrected chi connectivity index (χ2v) is 7.95. The number of ether oxygens (including phenoxy) is 1. The summed E-state index contributed by atoms with van der Waals surface area (Å²) in [6, 6.07) is 20.4. The minimum absolute atomic E-state index is 0.193. The molecule has 0 bridgehead atoms. The number of nitrogens with two attached hydrogens (primary N) is 1. The lowest BCUT2D eigenvalue weighted by Crippen LogP contribution is -2.32. The van der Waals surface area contributed by atoms with Gasteiger partial charge in [0.15, 0.2) is 0 Å². The molecule has 3 aromatic carbocycles. The summed E-state index contributed by atoms with van der Waals surface area (Å²) in [5.74, 6) is 0.195. The van der Waals surface area contributed by atoms with Crippen molar-refractivity contribution < 1.29 is 14.3 Å². The number of hydrogen-bond acceptors (Lipinski definition) is 5. The number of nitrogens with one attached hydrogen (secondary N) is 1. The zero-order valence-electron chi connectivity index (χ0n) is 18.8. The fourth-order valence-corrected chi connectivity index (χ4v) is 3.51. The van der Waals surface area contributed by atoms with Crippen LogP contribution in [0.15, 0.2) is 66.7 Å². The Labute approximate surface area is 203 Å².